The molecule has 0 aliphatic rings. The number of fused-ring (bicyclic) bond motifs is 3. The van der Waals surface area contributed by atoms with Crippen molar-refractivity contribution in [3.05, 3.63) is 173 Å². The number of hydrogen-bond acceptors (Lipinski definition) is 4. The van der Waals surface area contributed by atoms with E-state index >= 15 is 0 Å². The van der Waals surface area contributed by atoms with Gasteiger partial charge in [-0.15, -0.1) is 53.6 Å². The maximum absolute atomic E-state index is 6.33. The Morgan fingerprint density at radius 1 is 0.660 bits per heavy atom. The van der Waals surface area contributed by atoms with Gasteiger partial charge in [0.15, 0.2) is 0 Å². The molecule has 4 aromatic carbocycles. The standard InChI is InChI=1S/C31H23N2O.C14H14N.Ir/c1-20-8-6-9-21(2)29(20)23-16-17-32-28(19-23)27-13-7-12-25-26-15-14-24(33-31(26)34-30(25)27)18-22-10-4-3-5-11-22;1-10-4-6-13(7-5-10)14-8-11(2)12(3)9-15-14;/h3-12,14-17,19H,18H2,1-2H3;4-6,8-9H,1-3H3;/q2*-1;. The monoisotopic (exact) mass is 828 g/mol. The van der Waals surface area contributed by atoms with Gasteiger partial charge in [-0.1, -0.05) is 84.1 Å². The van der Waals surface area contributed by atoms with Crippen LogP contribution < -0.4 is 0 Å². The van der Waals surface area contributed by atoms with Gasteiger partial charge < -0.3 is 14.4 Å². The summed E-state index contributed by atoms with van der Waals surface area (Å²) < 4.78 is 6.33. The first kappa shape index (κ1) is 34.6. The molecule has 4 nitrogen and oxygen atoms in total. The van der Waals surface area contributed by atoms with E-state index in [2.05, 4.69) is 142 Å². The van der Waals surface area contributed by atoms with Gasteiger partial charge in [0.1, 0.15) is 0 Å². The van der Waals surface area contributed by atoms with E-state index in [1.165, 1.54) is 38.9 Å². The van der Waals surface area contributed by atoms with Crippen molar-refractivity contribution >= 4 is 22.1 Å². The number of hydrogen-bond donors (Lipinski definition) is 0. The second-order valence-corrected chi connectivity index (χ2v) is 12.6. The molecule has 0 unspecified atom stereocenters. The third-order valence-corrected chi connectivity index (χ3v) is 8.99. The zero-order chi connectivity index (χ0) is 33.9. The summed E-state index contributed by atoms with van der Waals surface area (Å²) in [5.74, 6) is 0. The number of pyridine rings is 3. The van der Waals surface area contributed by atoms with Crippen molar-refractivity contribution < 1.29 is 24.5 Å². The summed E-state index contributed by atoms with van der Waals surface area (Å²) in [5.41, 5.74) is 16.0. The predicted octanol–water partition coefficient (Wildman–Crippen LogP) is 11.2. The minimum Gasteiger partial charge on any atom is -0.486 e. The minimum absolute atomic E-state index is 0. The first-order valence-electron chi connectivity index (χ1n) is 16.6. The molecule has 0 atom stereocenters. The Balaban J connectivity index is 0.000000227. The molecule has 0 saturated heterocycles. The van der Waals surface area contributed by atoms with Gasteiger partial charge in [0.2, 0.25) is 5.71 Å². The van der Waals surface area contributed by atoms with E-state index in [9.17, 15) is 0 Å². The third kappa shape index (κ3) is 7.35. The van der Waals surface area contributed by atoms with Crippen LogP contribution in [0, 0.1) is 46.8 Å². The fourth-order valence-electron chi connectivity index (χ4n) is 6.18. The third-order valence-electron chi connectivity index (χ3n) is 8.99. The first-order chi connectivity index (χ1) is 23.8. The summed E-state index contributed by atoms with van der Waals surface area (Å²) in [6.07, 6.45) is 4.55. The molecule has 0 fully saturated rings. The molecule has 0 bridgehead atoms. The van der Waals surface area contributed by atoms with Crippen LogP contribution in [0.25, 0.3) is 55.7 Å². The van der Waals surface area contributed by atoms with Crippen LogP contribution in [-0.2, 0) is 26.5 Å². The molecule has 4 heterocycles. The molecule has 1 radical (unpaired) electrons. The summed E-state index contributed by atoms with van der Waals surface area (Å²) in [7, 11) is 0. The smallest absolute Gasteiger partial charge is 0.216 e. The van der Waals surface area contributed by atoms with Crippen LogP contribution >= 0.6 is 0 Å². The Hall–Kier alpha value is -5.22. The molecule has 0 aliphatic heterocycles. The van der Waals surface area contributed by atoms with Crippen molar-refractivity contribution in [2.75, 3.05) is 0 Å². The minimum atomic E-state index is 0. The van der Waals surface area contributed by atoms with Crippen molar-refractivity contribution in [2.24, 2.45) is 0 Å². The molecule has 0 amide bonds. The van der Waals surface area contributed by atoms with Crippen LogP contribution in [0.3, 0.4) is 0 Å². The van der Waals surface area contributed by atoms with Crippen LogP contribution in [-0.4, -0.2) is 15.0 Å². The van der Waals surface area contributed by atoms with Gasteiger partial charge in [0.25, 0.3) is 0 Å². The molecule has 8 rings (SSSR count). The summed E-state index contributed by atoms with van der Waals surface area (Å²) in [6.45, 7) is 10.5. The molecular weight excluding hydrogens is 791 g/mol. The molecule has 249 valence electrons. The number of furan rings is 1. The van der Waals surface area contributed by atoms with E-state index in [1.807, 2.05) is 36.7 Å². The van der Waals surface area contributed by atoms with Crippen molar-refractivity contribution in [1.82, 2.24) is 15.0 Å². The maximum Gasteiger partial charge on any atom is 0.216 e. The summed E-state index contributed by atoms with van der Waals surface area (Å²) in [5, 5.41) is 2.04. The number of aryl methyl sites for hydroxylation is 5. The Morgan fingerprint density at radius 2 is 1.46 bits per heavy atom. The van der Waals surface area contributed by atoms with E-state index in [0.717, 1.165) is 56.5 Å². The summed E-state index contributed by atoms with van der Waals surface area (Å²) in [4.78, 5) is 13.9. The molecule has 4 aromatic heterocycles. The molecule has 8 aromatic rings. The van der Waals surface area contributed by atoms with Gasteiger partial charge in [-0.25, -0.2) is 4.98 Å². The first-order valence-corrected chi connectivity index (χ1v) is 16.6. The van der Waals surface area contributed by atoms with E-state index < -0.39 is 0 Å². The predicted molar refractivity (Wildman–Crippen MR) is 200 cm³/mol. The second-order valence-electron chi connectivity index (χ2n) is 12.6. The fraction of sp³-hybridized carbons (Fsp3) is 0.133. The van der Waals surface area contributed by atoms with Gasteiger partial charge in [0.05, 0.1) is 5.58 Å². The summed E-state index contributed by atoms with van der Waals surface area (Å²) in [6, 6.07) is 44.0. The van der Waals surface area contributed by atoms with Gasteiger partial charge in [-0.05, 0) is 90.7 Å². The number of benzene rings is 4. The molecule has 0 N–H and O–H groups in total. The maximum atomic E-state index is 6.33. The van der Waals surface area contributed by atoms with Gasteiger partial charge in [-0.3, -0.25) is 0 Å². The zero-order valence-corrected chi connectivity index (χ0v) is 31.2. The van der Waals surface area contributed by atoms with Gasteiger partial charge in [-0.2, -0.15) is 0 Å². The molecular formula is C45H37IrN3O-2. The summed E-state index contributed by atoms with van der Waals surface area (Å²) >= 11 is 0. The Labute approximate surface area is 307 Å². The normalized spacial score (nSPS) is 10.8. The quantitative estimate of drug-likeness (QED) is 0.162. The fourth-order valence-corrected chi connectivity index (χ4v) is 6.18. The van der Waals surface area contributed by atoms with Crippen molar-refractivity contribution in [3.63, 3.8) is 0 Å². The molecule has 0 spiro atoms. The van der Waals surface area contributed by atoms with Crippen molar-refractivity contribution in [1.29, 1.82) is 0 Å². The van der Waals surface area contributed by atoms with Crippen LogP contribution in [0.2, 0.25) is 0 Å². The Kier molecular flexibility index (Phi) is 10.5. The number of nitrogens with zero attached hydrogens (tertiary/aromatic N) is 3. The Bertz CT molecular complexity index is 2390. The van der Waals surface area contributed by atoms with E-state index in [-0.39, 0.29) is 20.1 Å². The van der Waals surface area contributed by atoms with Crippen LogP contribution in [0.15, 0.2) is 126 Å². The number of aromatic nitrogens is 3. The Morgan fingerprint density at radius 3 is 2.20 bits per heavy atom. The number of rotatable bonds is 5. The van der Waals surface area contributed by atoms with Gasteiger partial charge in [0, 0.05) is 50.0 Å². The van der Waals surface area contributed by atoms with E-state index in [4.69, 9.17) is 9.40 Å². The van der Waals surface area contributed by atoms with Crippen molar-refractivity contribution in [3.8, 4) is 33.6 Å². The van der Waals surface area contributed by atoms with Crippen LogP contribution in [0.5, 0.6) is 0 Å². The molecule has 0 aliphatic carbocycles. The average molecular weight is 828 g/mol. The molecule has 50 heavy (non-hydrogen) atoms. The average Bonchev–Trinajstić information content (AvgIpc) is 3.49. The molecule has 0 saturated carbocycles. The van der Waals surface area contributed by atoms with E-state index in [1.54, 1.807) is 0 Å². The van der Waals surface area contributed by atoms with Gasteiger partial charge >= 0.3 is 0 Å². The molecule has 5 heteroatoms. The van der Waals surface area contributed by atoms with E-state index in [0.29, 0.717) is 5.71 Å². The van der Waals surface area contributed by atoms with Crippen LogP contribution in [0.4, 0.5) is 0 Å². The topological polar surface area (TPSA) is 51.8 Å². The largest absolute Gasteiger partial charge is 0.486 e. The van der Waals surface area contributed by atoms with Crippen LogP contribution in [0.1, 0.15) is 39.1 Å². The van der Waals surface area contributed by atoms with Crippen molar-refractivity contribution in [2.45, 2.75) is 41.0 Å². The SMILES string of the molecule is Cc1c[c-]c(-c2cc(C)c(C)cn2)cc1.Cc1cccc(C)c1-c1ccnc(-c2[c-]ccc3c2oc2nc(Cc4ccccc4)ccc23)c1.[Ir]. The zero-order valence-electron chi connectivity index (χ0n) is 28.8. The second kappa shape index (κ2) is 15.1.